The Labute approximate surface area is 166 Å². The number of esters is 2. The fourth-order valence-electron chi connectivity index (χ4n) is 5.97. The van der Waals surface area contributed by atoms with Crippen molar-refractivity contribution in [3.8, 4) is 0 Å². The maximum absolute atomic E-state index is 12.6. The number of rotatable bonds is 0. The summed E-state index contributed by atoms with van der Waals surface area (Å²) >= 11 is 0. The molecule has 1 heterocycles. The first kappa shape index (κ1) is 15.5. The molecule has 8 rings (SSSR count). The Kier molecular flexibility index (Phi) is 2.73. The van der Waals surface area contributed by atoms with Crippen LogP contribution in [-0.2, 0) is 14.3 Å². The van der Waals surface area contributed by atoms with Gasteiger partial charge in [0.15, 0.2) is 0 Å². The first-order valence-electron chi connectivity index (χ1n) is 10.0. The summed E-state index contributed by atoms with van der Waals surface area (Å²) in [6.07, 6.45) is 0. The quantitative estimate of drug-likeness (QED) is 0.249. The predicted molar refractivity (Wildman–Crippen MR) is 110 cm³/mol. The van der Waals surface area contributed by atoms with Crippen molar-refractivity contribution in [3.63, 3.8) is 0 Å². The molecule has 4 aromatic carbocycles. The van der Waals surface area contributed by atoms with Crippen molar-refractivity contribution in [3.05, 3.63) is 95.1 Å². The van der Waals surface area contributed by atoms with Crippen molar-refractivity contribution in [2.24, 2.45) is 11.8 Å². The lowest BCUT2D eigenvalue weighted by atomic mass is 9.54. The molecule has 138 valence electrons. The molecule has 0 amide bonds. The zero-order valence-electron chi connectivity index (χ0n) is 15.5. The molecule has 4 atom stereocenters. The topological polar surface area (TPSA) is 43.4 Å². The van der Waals surface area contributed by atoms with E-state index in [1.165, 1.54) is 32.7 Å². The van der Waals surface area contributed by atoms with Crippen LogP contribution in [0, 0.1) is 11.8 Å². The summed E-state index contributed by atoms with van der Waals surface area (Å²) in [5, 5.41) is 4.74. The summed E-state index contributed by atoms with van der Waals surface area (Å²) in [6.45, 7) is 0. The third-order valence-corrected chi connectivity index (χ3v) is 7.09. The van der Waals surface area contributed by atoms with Gasteiger partial charge in [-0.25, -0.2) is 0 Å². The van der Waals surface area contributed by atoms with Gasteiger partial charge in [0.1, 0.15) is 0 Å². The van der Waals surface area contributed by atoms with Crippen LogP contribution in [0.2, 0.25) is 0 Å². The van der Waals surface area contributed by atoms with Gasteiger partial charge in [-0.3, -0.25) is 9.59 Å². The van der Waals surface area contributed by atoms with Gasteiger partial charge in [0, 0.05) is 11.8 Å². The van der Waals surface area contributed by atoms with Gasteiger partial charge < -0.3 is 4.74 Å². The van der Waals surface area contributed by atoms with E-state index in [9.17, 15) is 9.59 Å². The molecule has 1 saturated heterocycles. The largest absolute Gasteiger partial charge is 0.393 e. The number of carbonyl (C=O) groups excluding carboxylic acids is 2. The molecule has 4 aromatic rings. The molecule has 29 heavy (non-hydrogen) atoms. The van der Waals surface area contributed by atoms with Crippen molar-refractivity contribution in [1.29, 1.82) is 0 Å². The maximum Gasteiger partial charge on any atom is 0.318 e. The molecule has 0 unspecified atom stereocenters. The Morgan fingerprint density at radius 1 is 0.517 bits per heavy atom. The van der Waals surface area contributed by atoms with Crippen molar-refractivity contribution >= 4 is 33.5 Å². The van der Waals surface area contributed by atoms with Crippen molar-refractivity contribution in [2.75, 3.05) is 0 Å². The maximum atomic E-state index is 12.6. The molecule has 0 N–H and O–H groups in total. The van der Waals surface area contributed by atoms with Crippen LogP contribution in [0.3, 0.4) is 0 Å². The number of hydrogen-bond acceptors (Lipinski definition) is 3. The monoisotopic (exact) mass is 376 g/mol. The van der Waals surface area contributed by atoms with Gasteiger partial charge >= 0.3 is 11.9 Å². The summed E-state index contributed by atoms with van der Waals surface area (Å²) in [5.41, 5.74) is 4.67. The molecule has 0 aromatic heterocycles. The second-order valence-electron chi connectivity index (χ2n) is 8.40. The SMILES string of the molecule is O=C1OC(=O)[C@H]2[C@@H]3c4ccccc4[C@@H](c4cc5cc6ccccc6cc5cc43)[C@@H]12. The van der Waals surface area contributed by atoms with Gasteiger partial charge in [-0.2, -0.15) is 0 Å². The number of hydrogen-bond donors (Lipinski definition) is 0. The van der Waals surface area contributed by atoms with Crippen LogP contribution in [-0.4, -0.2) is 11.9 Å². The Bertz CT molecular complexity index is 1300. The minimum Gasteiger partial charge on any atom is -0.393 e. The van der Waals surface area contributed by atoms with E-state index < -0.39 is 11.8 Å². The van der Waals surface area contributed by atoms with Crippen LogP contribution in [0.4, 0.5) is 0 Å². The Morgan fingerprint density at radius 3 is 1.45 bits per heavy atom. The van der Waals surface area contributed by atoms with Crippen LogP contribution >= 0.6 is 0 Å². The fourth-order valence-corrected chi connectivity index (χ4v) is 5.97. The molecule has 4 aliphatic rings. The Morgan fingerprint density at radius 2 is 0.966 bits per heavy atom. The van der Waals surface area contributed by atoms with Gasteiger partial charge in [0.05, 0.1) is 11.8 Å². The molecule has 3 aliphatic carbocycles. The number of benzene rings is 4. The molecule has 1 fully saturated rings. The standard InChI is InChI=1S/C26H16O3/c27-25-23-21-17-7-3-4-8-18(17)22(24(23)26(28)29-25)20-12-16-10-14-6-2-1-5-13(14)9-15(16)11-19(20)21/h1-12,21-24H/t21-,22+,23+,24-. The molecule has 3 heteroatoms. The highest BCUT2D eigenvalue weighted by Crippen LogP contribution is 2.61. The van der Waals surface area contributed by atoms with Crippen LogP contribution in [0.15, 0.2) is 72.8 Å². The van der Waals surface area contributed by atoms with Crippen molar-refractivity contribution in [2.45, 2.75) is 11.8 Å². The lowest BCUT2D eigenvalue weighted by molar-refractivity contribution is -0.153. The van der Waals surface area contributed by atoms with E-state index in [0.717, 1.165) is 11.1 Å². The zero-order valence-corrected chi connectivity index (χ0v) is 15.5. The molecular formula is C26H16O3. The molecule has 2 bridgehead atoms. The Balaban J connectivity index is 1.57. The number of ether oxygens (including phenoxy) is 1. The molecule has 0 saturated carbocycles. The normalized spacial score (nSPS) is 26.3. The first-order valence-corrected chi connectivity index (χ1v) is 10.0. The summed E-state index contributed by atoms with van der Waals surface area (Å²) < 4.78 is 5.13. The minimum absolute atomic E-state index is 0.119. The van der Waals surface area contributed by atoms with Gasteiger partial charge in [0.2, 0.25) is 0 Å². The third-order valence-electron chi connectivity index (χ3n) is 7.09. The second kappa shape index (κ2) is 5.12. The van der Waals surface area contributed by atoms with E-state index in [4.69, 9.17) is 4.74 Å². The smallest absolute Gasteiger partial charge is 0.318 e. The summed E-state index contributed by atoms with van der Waals surface area (Å²) in [7, 11) is 0. The predicted octanol–water partition coefficient (Wildman–Crippen LogP) is 4.90. The number of carbonyl (C=O) groups is 2. The third kappa shape index (κ3) is 1.83. The van der Waals surface area contributed by atoms with Crippen LogP contribution in [0.25, 0.3) is 21.5 Å². The van der Waals surface area contributed by atoms with E-state index >= 15 is 0 Å². The highest BCUT2D eigenvalue weighted by atomic mass is 16.6. The second-order valence-corrected chi connectivity index (χ2v) is 8.40. The lowest BCUT2D eigenvalue weighted by Gasteiger charge is -2.45. The first-order chi connectivity index (χ1) is 14.2. The minimum atomic E-state index is -0.409. The van der Waals surface area contributed by atoms with Crippen molar-refractivity contribution < 1.29 is 14.3 Å². The molecule has 0 radical (unpaired) electrons. The molecule has 0 spiro atoms. The van der Waals surface area contributed by atoms with Gasteiger partial charge in [-0.1, -0.05) is 60.7 Å². The van der Waals surface area contributed by atoms with Gasteiger partial charge in [-0.15, -0.1) is 0 Å². The zero-order chi connectivity index (χ0) is 19.3. The fraction of sp³-hybridized carbons (Fsp3) is 0.154. The molecular weight excluding hydrogens is 360 g/mol. The lowest BCUT2D eigenvalue weighted by Crippen LogP contribution is -2.41. The number of fused-ring (bicyclic) bond motifs is 2. The number of cyclic esters (lactones) is 2. The van der Waals surface area contributed by atoms with Crippen LogP contribution in [0.5, 0.6) is 0 Å². The highest BCUT2D eigenvalue weighted by Gasteiger charge is 2.60. The summed E-state index contributed by atoms with van der Waals surface area (Å²) in [6, 6.07) is 25.5. The van der Waals surface area contributed by atoms with Gasteiger partial charge in [-0.05, 0) is 55.9 Å². The summed E-state index contributed by atoms with van der Waals surface area (Å²) in [4.78, 5) is 25.2. The van der Waals surface area contributed by atoms with Gasteiger partial charge in [0.25, 0.3) is 0 Å². The van der Waals surface area contributed by atoms with E-state index in [2.05, 4.69) is 60.7 Å². The van der Waals surface area contributed by atoms with Crippen LogP contribution < -0.4 is 0 Å². The molecule has 3 nitrogen and oxygen atoms in total. The van der Waals surface area contributed by atoms with E-state index in [0.29, 0.717) is 0 Å². The van der Waals surface area contributed by atoms with E-state index in [1.54, 1.807) is 0 Å². The summed E-state index contributed by atoms with van der Waals surface area (Å²) in [5.74, 6) is -1.79. The van der Waals surface area contributed by atoms with Crippen LogP contribution in [0.1, 0.15) is 34.1 Å². The van der Waals surface area contributed by atoms with E-state index in [1.807, 2.05) is 12.1 Å². The Hall–Kier alpha value is -3.46. The highest BCUT2D eigenvalue weighted by molar-refractivity contribution is 6.02. The molecule has 1 aliphatic heterocycles. The van der Waals surface area contributed by atoms with Crippen molar-refractivity contribution in [1.82, 2.24) is 0 Å². The van der Waals surface area contributed by atoms with E-state index in [-0.39, 0.29) is 23.8 Å². The average Bonchev–Trinajstić information content (AvgIpc) is 3.05. The average molecular weight is 376 g/mol.